The molecular formula is C15H13FN4. The first-order chi connectivity index (χ1) is 9.74. The molecule has 0 bridgehead atoms. The molecule has 1 heterocycles. The van der Waals surface area contributed by atoms with E-state index in [4.69, 9.17) is 5.73 Å². The molecule has 3 aromatic rings. The molecule has 5 heteroatoms. The van der Waals surface area contributed by atoms with Gasteiger partial charge in [-0.15, -0.1) is 0 Å². The first-order valence-electron chi connectivity index (χ1n) is 6.23. The molecule has 3 rings (SSSR count). The standard InChI is InChI=1S/C15H13FN4/c16-12-8-4-7-11(9-12)14-18-15(20-19-14)13(17)10-5-2-1-3-6-10/h1-9,13H,17H2,(H,18,19,20). The fourth-order valence-electron chi connectivity index (χ4n) is 1.99. The number of aromatic amines is 1. The van der Waals surface area contributed by atoms with Crippen molar-refractivity contribution in [2.75, 3.05) is 0 Å². The van der Waals surface area contributed by atoms with Gasteiger partial charge in [-0.05, 0) is 17.7 Å². The van der Waals surface area contributed by atoms with Crippen molar-refractivity contribution in [3.8, 4) is 11.4 Å². The summed E-state index contributed by atoms with van der Waals surface area (Å²) in [7, 11) is 0. The van der Waals surface area contributed by atoms with Gasteiger partial charge in [-0.25, -0.2) is 9.37 Å². The molecule has 0 amide bonds. The van der Waals surface area contributed by atoms with Crippen LogP contribution in [0.15, 0.2) is 54.6 Å². The van der Waals surface area contributed by atoms with E-state index >= 15 is 0 Å². The highest BCUT2D eigenvalue weighted by atomic mass is 19.1. The van der Waals surface area contributed by atoms with Crippen LogP contribution in [0.4, 0.5) is 4.39 Å². The summed E-state index contributed by atoms with van der Waals surface area (Å²) < 4.78 is 13.2. The average molecular weight is 268 g/mol. The zero-order chi connectivity index (χ0) is 13.9. The summed E-state index contributed by atoms with van der Waals surface area (Å²) in [6.45, 7) is 0. The predicted octanol–water partition coefficient (Wildman–Crippen LogP) is 2.66. The maximum atomic E-state index is 13.2. The number of benzene rings is 2. The van der Waals surface area contributed by atoms with Gasteiger partial charge in [-0.3, -0.25) is 5.10 Å². The Labute approximate surface area is 115 Å². The largest absolute Gasteiger partial charge is 0.318 e. The SMILES string of the molecule is NC(c1ccccc1)c1nc(-c2cccc(F)c2)n[nH]1. The van der Waals surface area contributed by atoms with E-state index in [1.807, 2.05) is 30.3 Å². The molecule has 1 unspecified atom stereocenters. The van der Waals surface area contributed by atoms with Gasteiger partial charge in [0, 0.05) is 5.56 Å². The van der Waals surface area contributed by atoms with Crippen molar-refractivity contribution in [2.24, 2.45) is 5.73 Å². The topological polar surface area (TPSA) is 67.6 Å². The summed E-state index contributed by atoms with van der Waals surface area (Å²) in [5.74, 6) is 0.669. The average Bonchev–Trinajstić information content (AvgIpc) is 2.97. The van der Waals surface area contributed by atoms with Crippen molar-refractivity contribution in [2.45, 2.75) is 6.04 Å². The Hall–Kier alpha value is -2.53. The van der Waals surface area contributed by atoms with Crippen LogP contribution in [-0.2, 0) is 0 Å². The third kappa shape index (κ3) is 2.44. The fraction of sp³-hybridized carbons (Fsp3) is 0.0667. The van der Waals surface area contributed by atoms with E-state index in [-0.39, 0.29) is 11.9 Å². The van der Waals surface area contributed by atoms with Crippen LogP contribution in [0.25, 0.3) is 11.4 Å². The minimum absolute atomic E-state index is 0.318. The van der Waals surface area contributed by atoms with Gasteiger partial charge in [-0.1, -0.05) is 42.5 Å². The lowest BCUT2D eigenvalue weighted by atomic mass is 10.1. The number of halogens is 1. The molecule has 1 aromatic heterocycles. The lowest BCUT2D eigenvalue weighted by Gasteiger charge is -2.07. The second-order valence-electron chi connectivity index (χ2n) is 4.44. The molecule has 100 valence electrons. The smallest absolute Gasteiger partial charge is 0.181 e. The highest BCUT2D eigenvalue weighted by Gasteiger charge is 2.14. The number of hydrogen-bond donors (Lipinski definition) is 2. The number of aromatic nitrogens is 3. The molecule has 0 fully saturated rings. The van der Waals surface area contributed by atoms with E-state index in [0.717, 1.165) is 5.56 Å². The zero-order valence-corrected chi connectivity index (χ0v) is 10.6. The van der Waals surface area contributed by atoms with Crippen LogP contribution >= 0.6 is 0 Å². The van der Waals surface area contributed by atoms with Crippen molar-refractivity contribution in [3.63, 3.8) is 0 Å². The second-order valence-corrected chi connectivity index (χ2v) is 4.44. The Kier molecular flexibility index (Phi) is 3.26. The first kappa shape index (κ1) is 12.5. The number of nitrogens with two attached hydrogens (primary N) is 1. The van der Waals surface area contributed by atoms with E-state index in [1.54, 1.807) is 12.1 Å². The van der Waals surface area contributed by atoms with Gasteiger partial charge in [0.15, 0.2) is 5.82 Å². The van der Waals surface area contributed by atoms with Gasteiger partial charge < -0.3 is 5.73 Å². The monoisotopic (exact) mass is 268 g/mol. The van der Waals surface area contributed by atoms with Crippen LogP contribution in [0.2, 0.25) is 0 Å². The third-order valence-electron chi connectivity index (χ3n) is 3.04. The summed E-state index contributed by atoms with van der Waals surface area (Å²) in [5, 5.41) is 6.90. The Morgan fingerprint density at radius 1 is 1.05 bits per heavy atom. The number of hydrogen-bond acceptors (Lipinski definition) is 3. The highest BCUT2D eigenvalue weighted by molar-refractivity contribution is 5.54. The van der Waals surface area contributed by atoms with Crippen molar-refractivity contribution < 1.29 is 4.39 Å². The fourth-order valence-corrected chi connectivity index (χ4v) is 1.99. The zero-order valence-electron chi connectivity index (χ0n) is 10.6. The Morgan fingerprint density at radius 3 is 2.60 bits per heavy atom. The molecule has 0 radical (unpaired) electrons. The molecular weight excluding hydrogens is 255 g/mol. The van der Waals surface area contributed by atoms with Gasteiger partial charge in [-0.2, -0.15) is 5.10 Å². The van der Waals surface area contributed by atoms with E-state index in [0.29, 0.717) is 17.2 Å². The van der Waals surface area contributed by atoms with Crippen LogP contribution in [0.1, 0.15) is 17.4 Å². The normalized spacial score (nSPS) is 12.3. The third-order valence-corrected chi connectivity index (χ3v) is 3.04. The van der Waals surface area contributed by atoms with Gasteiger partial charge in [0.1, 0.15) is 11.6 Å². The Balaban J connectivity index is 1.91. The lowest BCUT2D eigenvalue weighted by molar-refractivity contribution is 0.628. The number of nitrogens with zero attached hydrogens (tertiary/aromatic N) is 2. The van der Waals surface area contributed by atoms with Crippen molar-refractivity contribution in [1.82, 2.24) is 15.2 Å². The summed E-state index contributed by atoms with van der Waals surface area (Å²) in [5.41, 5.74) is 7.69. The predicted molar refractivity (Wildman–Crippen MR) is 74.2 cm³/mol. The maximum absolute atomic E-state index is 13.2. The number of nitrogens with one attached hydrogen (secondary N) is 1. The Morgan fingerprint density at radius 2 is 1.85 bits per heavy atom. The molecule has 0 aliphatic heterocycles. The Bertz CT molecular complexity index is 709. The van der Waals surface area contributed by atoms with Gasteiger partial charge in [0.2, 0.25) is 0 Å². The van der Waals surface area contributed by atoms with Gasteiger partial charge in [0.05, 0.1) is 6.04 Å². The highest BCUT2D eigenvalue weighted by Crippen LogP contribution is 2.20. The summed E-state index contributed by atoms with van der Waals surface area (Å²) >= 11 is 0. The molecule has 20 heavy (non-hydrogen) atoms. The molecule has 1 atom stereocenters. The summed E-state index contributed by atoms with van der Waals surface area (Å²) in [6, 6.07) is 15.4. The maximum Gasteiger partial charge on any atom is 0.181 e. The molecule has 3 N–H and O–H groups in total. The quantitative estimate of drug-likeness (QED) is 0.767. The van der Waals surface area contributed by atoms with E-state index < -0.39 is 0 Å². The van der Waals surface area contributed by atoms with Gasteiger partial charge >= 0.3 is 0 Å². The molecule has 4 nitrogen and oxygen atoms in total. The lowest BCUT2D eigenvalue weighted by Crippen LogP contribution is -2.13. The van der Waals surface area contributed by atoms with E-state index in [9.17, 15) is 4.39 Å². The van der Waals surface area contributed by atoms with Gasteiger partial charge in [0.25, 0.3) is 0 Å². The van der Waals surface area contributed by atoms with Crippen molar-refractivity contribution >= 4 is 0 Å². The number of rotatable bonds is 3. The second kappa shape index (κ2) is 5.22. The van der Waals surface area contributed by atoms with Crippen molar-refractivity contribution in [1.29, 1.82) is 0 Å². The first-order valence-corrected chi connectivity index (χ1v) is 6.23. The molecule has 0 aliphatic carbocycles. The van der Waals surface area contributed by atoms with E-state index in [2.05, 4.69) is 15.2 Å². The van der Waals surface area contributed by atoms with Crippen LogP contribution in [0.3, 0.4) is 0 Å². The van der Waals surface area contributed by atoms with Crippen LogP contribution in [0, 0.1) is 5.82 Å². The molecule has 0 saturated heterocycles. The molecule has 0 spiro atoms. The molecule has 0 saturated carbocycles. The summed E-state index contributed by atoms with van der Waals surface area (Å²) in [6.07, 6.45) is 0. The minimum atomic E-state index is -0.383. The molecule has 0 aliphatic rings. The molecule has 2 aromatic carbocycles. The summed E-state index contributed by atoms with van der Waals surface area (Å²) in [4.78, 5) is 4.34. The van der Waals surface area contributed by atoms with Crippen LogP contribution < -0.4 is 5.73 Å². The van der Waals surface area contributed by atoms with E-state index in [1.165, 1.54) is 12.1 Å². The van der Waals surface area contributed by atoms with Crippen LogP contribution in [-0.4, -0.2) is 15.2 Å². The van der Waals surface area contributed by atoms with Crippen LogP contribution in [0.5, 0.6) is 0 Å². The minimum Gasteiger partial charge on any atom is -0.318 e. The number of H-pyrrole nitrogens is 1. The van der Waals surface area contributed by atoms with Crippen molar-refractivity contribution in [3.05, 3.63) is 71.8 Å².